The van der Waals surface area contributed by atoms with Gasteiger partial charge in [0.15, 0.2) is 5.13 Å². The lowest BCUT2D eigenvalue weighted by Gasteiger charge is -2.28. The second kappa shape index (κ2) is 15.1. The molecule has 206 valence electrons. The fraction of sp³-hybridized carbons (Fsp3) is 0.652. The normalized spacial score (nSPS) is 22.0. The average Bonchev–Trinajstić information content (AvgIpc) is 3.26. The Labute approximate surface area is 218 Å². The summed E-state index contributed by atoms with van der Waals surface area (Å²) in [5.41, 5.74) is 1.93. The number of alkyl carbamates (subject to hydrolysis) is 1. The summed E-state index contributed by atoms with van der Waals surface area (Å²) in [7, 11) is 0. The first-order valence-corrected chi connectivity index (χ1v) is 13.1. The molecule has 13 nitrogen and oxygen atoms in total. The number of hydrogen-bond donors (Lipinski definition) is 6. The largest absolute Gasteiger partial charge is 0.481 e. The number of nitrogens with one attached hydrogen (secondary N) is 4. The van der Waals surface area contributed by atoms with Crippen molar-refractivity contribution in [2.75, 3.05) is 18.5 Å². The highest BCUT2D eigenvalue weighted by molar-refractivity contribution is 7.13. The number of anilines is 1. The van der Waals surface area contributed by atoms with Crippen molar-refractivity contribution in [3.8, 4) is 0 Å². The van der Waals surface area contributed by atoms with Crippen LogP contribution >= 0.6 is 11.3 Å². The number of cyclic esters (lactones) is 1. The summed E-state index contributed by atoms with van der Waals surface area (Å²) in [6, 6.07) is -0.969. The van der Waals surface area contributed by atoms with Crippen LogP contribution in [-0.2, 0) is 30.3 Å². The molecule has 1 aliphatic heterocycles. The summed E-state index contributed by atoms with van der Waals surface area (Å²) in [4.78, 5) is 65.9. The molecule has 0 saturated carbocycles. The zero-order chi connectivity index (χ0) is 27.4. The number of carbonyl (C=O) groups excluding carboxylic acids is 4. The topological polar surface area (TPSA) is 196 Å². The summed E-state index contributed by atoms with van der Waals surface area (Å²) in [6.07, 6.45) is 1.16. The van der Waals surface area contributed by atoms with Crippen LogP contribution in [0.15, 0.2) is 5.38 Å². The molecular weight excluding hydrogens is 506 g/mol. The molecule has 0 radical (unpaired) electrons. The van der Waals surface area contributed by atoms with Gasteiger partial charge in [-0.25, -0.2) is 15.3 Å². The van der Waals surface area contributed by atoms with Gasteiger partial charge in [0.2, 0.25) is 17.7 Å². The fourth-order valence-corrected chi connectivity index (χ4v) is 4.80. The van der Waals surface area contributed by atoms with E-state index >= 15 is 0 Å². The molecule has 3 atom stereocenters. The van der Waals surface area contributed by atoms with Gasteiger partial charge in [-0.05, 0) is 44.4 Å². The number of aromatic nitrogens is 1. The minimum Gasteiger partial charge on any atom is -0.481 e. The number of amides is 4. The Hall–Kier alpha value is -3.26. The fourth-order valence-electron chi connectivity index (χ4n) is 4.08. The van der Waals surface area contributed by atoms with Crippen molar-refractivity contribution in [2.45, 2.75) is 64.8 Å². The Kier molecular flexibility index (Phi) is 12.2. The van der Waals surface area contributed by atoms with Gasteiger partial charge < -0.3 is 25.8 Å². The van der Waals surface area contributed by atoms with E-state index in [2.05, 4.69) is 20.9 Å². The minimum atomic E-state index is -1.05. The number of rotatable bonds is 7. The maximum atomic E-state index is 13.4. The summed E-state index contributed by atoms with van der Waals surface area (Å²) in [6.45, 7) is 4.15. The van der Waals surface area contributed by atoms with E-state index in [0.29, 0.717) is 37.9 Å². The number of hydroxylamine groups is 1. The SMILES string of the molecule is CC(C)CC1C(=O)NC(C(=O)Nc2nc(CC(=O)O)cs2)CCCCNC(=O)OCCC[C@@H]1C(=O)NO. The zero-order valence-electron chi connectivity index (χ0n) is 21.0. The number of aliphatic carboxylic acids is 1. The second-order valence-corrected chi connectivity index (χ2v) is 10.1. The van der Waals surface area contributed by atoms with Crippen LogP contribution in [0.1, 0.15) is 58.1 Å². The predicted octanol–water partition coefficient (Wildman–Crippen LogP) is 1.67. The number of thiazole rings is 1. The molecule has 14 heteroatoms. The van der Waals surface area contributed by atoms with E-state index in [-0.39, 0.29) is 36.9 Å². The van der Waals surface area contributed by atoms with Gasteiger partial charge in [-0.1, -0.05) is 13.8 Å². The van der Waals surface area contributed by atoms with E-state index in [0.717, 1.165) is 11.3 Å². The van der Waals surface area contributed by atoms with Gasteiger partial charge in [0.25, 0.3) is 0 Å². The molecule has 2 heterocycles. The Morgan fingerprint density at radius 3 is 2.62 bits per heavy atom. The molecule has 2 unspecified atom stereocenters. The van der Waals surface area contributed by atoms with Gasteiger partial charge in [-0.3, -0.25) is 24.4 Å². The highest BCUT2D eigenvalue weighted by atomic mass is 32.1. The van der Waals surface area contributed by atoms with E-state index in [1.165, 1.54) is 5.38 Å². The number of carbonyl (C=O) groups is 5. The second-order valence-electron chi connectivity index (χ2n) is 9.28. The van der Waals surface area contributed by atoms with Crippen LogP contribution in [0.3, 0.4) is 0 Å². The average molecular weight is 542 g/mol. The summed E-state index contributed by atoms with van der Waals surface area (Å²) < 4.78 is 5.12. The maximum absolute atomic E-state index is 13.4. The summed E-state index contributed by atoms with van der Waals surface area (Å²) in [5.74, 6) is -4.54. The first-order valence-electron chi connectivity index (χ1n) is 12.2. The van der Waals surface area contributed by atoms with Gasteiger partial charge in [0.1, 0.15) is 6.04 Å². The molecule has 1 aromatic rings. The predicted molar refractivity (Wildman–Crippen MR) is 133 cm³/mol. The van der Waals surface area contributed by atoms with Gasteiger partial charge in [-0.2, -0.15) is 0 Å². The minimum absolute atomic E-state index is 0.0316. The molecule has 0 aromatic carbocycles. The van der Waals surface area contributed by atoms with Crippen LogP contribution in [0.25, 0.3) is 0 Å². The van der Waals surface area contributed by atoms with Gasteiger partial charge in [-0.15, -0.1) is 11.3 Å². The lowest BCUT2D eigenvalue weighted by atomic mass is 9.81. The molecule has 1 aliphatic rings. The summed E-state index contributed by atoms with van der Waals surface area (Å²) >= 11 is 1.07. The maximum Gasteiger partial charge on any atom is 0.407 e. The quantitative estimate of drug-likeness (QED) is 0.220. The van der Waals surface area contributed by atoms with Crippen molar-refractivity contribution in [3.63, 3.8) is 0 Å². The first-order chi connectivity index (χ1) is 17.6. The van der Waals surface area contributed by atoms with Gasteiger partial charge in [0.05, 0.1) is 24.6 Å². The third kappa shape index (κ3) is 10.3. The van der Waals surface area contributed by atoms with E-state index in [1.807, 2.05) is 13.8 Å². The smallest absolute Gasteiger partial charge is 0.407 e. The van der Waals surface area contributed by atoms with Crippen LogP contribution < -0.4 is 21.4 Å². The molecule has 37 heavy (non-hydrogen) atoms. The number of nitrogens with zero attached hydrogens (tertiary/aromatic N) is 1. The van der Waals surface area contributed by atoms with Crippen LogP contribution in [-0.4, -0.2) is 64.3 Å². The molecule has 1 saturated heterocycles. The van der Waals surface area contributed by atoms with E-state index in [4.69, 9.17) is 9.84 Å². The third-order valence-electron chi connectivity index (χ3n) is 5.82. The number of carboxylic acid groups (broad SMARTS) is 1. The Bertz CT molecular complexity index is 953. The number of hydrogen-bond acceptors (Lipinski definition) is 9. The Balaban J connectivity index is 2.27. The molecule has 0 aliphatic carbocycles. The molecule has 0 spiro atoms. The third-order valence-corrected chi connectivity index (χ3v) is 6.63. The van der Waals surface area contributed by atoms with E-state index in [9.17, 15) is 29.2 Å². The highest BCUT2D eigenvalue weighted by Gasteiger charge is 2.36. The van der Waals surface area contributed by atoms with E-state index in [1.54, 1.807) is 5.48 Å². The van der Waals surface area contributed by atoms with Crippen molar-refractivity contribution in [3.05, 3.63) is 11.1 Å². The van der Waals surface area contributed by atoms with E-state index < -0.39 is 47.7 Å². The lowest BCUT2D eigenvalue weighted by Crippen LogP contribution is -2.49. The zero-order valence-corrected chi connectivity index (χ0v) is 21.8. The van der Waals surface area contributed by atoms with Crippen molar-refractivity contribution in [1.82, 2.24) is 21.1 Å². The number of carboxylic acids is 1. The lowest BCUT2D eigenvalue weighted by molar-refractivity contribution is -0.142. The van der Waals surface area contributed by atoms with Gasteiger partial charge in [0, 0.05) is 17.8 Å². The first kappa shape index (κ1) is 30.0. The Morgan fingerprint density at radius 1 is 1.19 bits per heavy atom. The highest BCUT2D eigenvalue weighted by Crippen LogP contribution is 2.26. The molecule has 1 fully saturated rings. The molecular formula is C23H35N5O8S. The van der Waals surface area contributed by atoms with Crippen LogP contribution in [0.4, 0.5) is 9.93 Å². The van der Waals surface area contributed by atoms with Crippen molar-refractivity contribution < 1.29 is 39.0 Å². The Morgan fingerprint density at radius 2 is 1.95 bits per heavy atom. The number of ether oxygens (including phenoxy) is 1. The van der Waals surface area contributed by atoms with Crippen molar-refractivity contribution in [2.24, 2.45) is 17.8 Å². The molecule has 0 bridgehead atoms. The summed E-state index contributed by atoms with van der Waals surface area (Å²) in [5, 5.41) is 28.0. The van der Waals surface area contributed by atoms with Crippen molar-refractivity contribution >= 4 is 46.3 Å². The monoisotopic (exact) mass is 541 g/mol. The van der Waals surface area contributed by atoms with Crippen LogP contribution in [0.2, 0.25) is 0 Å². The standard InChI is InChI=1S/C23H35N5O8S/c1-13(2)10-16-15(20(32)28-35)6-5-9-36-23(34)24-8-4-3-7-17(26-19(16)31)21(33)27-22-25-14(12-37-22)11-18(29)30/h12-13,15-17,35H,3-11H2,1-2H3,(H,24,34)(H,26,31)(H,28,32)(H,29,30)(H,25,27,33)/t15-,16?,17?/m0/s1. The van der Waals surface area contributed by atoms with Crippen LogP contribution in [0.5, 0.6) is 0 Å². The van der Waals surface area contributed by atoms with Gasteiger partial charge >= 0.3 is 12.1 Å². The molecule has 2 rings (SSSR count). The van der Waals surface area contributed by atoms with Crippen molar-refractivity contribution in [1.29, 1.82) is 0 Å². The molecule has 6 N–H and O–H groups in total. The molecule has 1 aromatic heterocycles. The molecule has 4 amide bonds. The van der Waals surface area contributed by atoms with Crippen LogP contribution in [0, 0.1) is 17.8 Å².